The summed E-state index contributed by atoms with van der Waals surface area (Å²) in [6, 6.07) is -1.50. The van der Waals surface area contributed by atoms with Crippen molar-refractivity contribution in [1.29, 1.82) is 0 Å². The second-order valence-corrected chi connectivity index (χ2v) is 9.44. The van der Waals surface area contributed by atoms with Crippen LogP contribution in [0, 0.1) is 0 Å². The molecule has 0 aliphatic carbocycles. The number of rotatable bonds is 5. The summed E-state index contributed by atoms with van der Waals surface area (Å²) in [5.41, 5.74) is 1.13. The normalized spacial score (nSPS) is 24.0. The van der Waals surface area contributed by atoms with E-state index < -0.39 is 27.8 Å². The lowest BCUT2D eigenvalue weighted by atomic mass is 10.1. The Bertz CT molecular complexity index is 924. The number of nitrogens with one attached hydrogen (secondary N) is 3. The standard InChI is InChI=1S/C17H23ClN4O5S/c1-3-11-14(18)22-15(19-11)17(24)21-13-8-28(25,26)7-12(13)20-16(23)10-5-4-6-27-9(10)2/h12-13H,3-8H2,1-2H3,(H,19,22)(H,20,23)(H,21,24). The van der Waals surface area contributed by atoms with Crippen LogP contribution in [0.4, 0.5) is 0 Å². The lowest BCUT2D eigenvalue weighted by Gasteiger charge is -2.23. The van der Waals surface area contributed by atoms with Gasteiger partial charge in [0.05, 0.1) is 41.5 Å². The van der Waals surface area contributed by atoms with Crippen molar-refractivity contribution in [2.75, 3.05) is 18.1 Å². The molecule has 0 radical (unpaired) electrons. The predicted octanol–water partition coefficient (Wildman–Crippen LogP) is 0.722. The SMILES string of the molecule is CCc1[nH]c(C(=O)NC2CS(=O)(=O)CC2NC(=O)C2=C(C)OCCC2)nc1Cl. The molecule has 3 heterocycles. The Kier molecular flexibility index (Phi) is 5.99. The zero-order chi connectivity index (χ0) is 20.5. The van der Waals surface area contributed by atoms with Gasteiger partial charge in [-0.3, -0.25) is 9.59 Å². The highest BCUT2D eigenvalue weighted by Crippen LogP contribution is 2.21. The number of amides is 2. The van der Waals surface area contributed by atoms with Crippen molar-refractivity contribution in [3.8, 4) is 0 Å². The number of nitrogens with zero attached hydrogens (tertiary/aromatic N) is 1. The van der Waals surface area contributed by atoms with Crippen LogP contribution in [0.3, 0.4) is 0 Å². The molecule has 11 heteroatoms. The van der Waals surface area contributed by atoms with Crippen LogP contribution in [0.1, 0.15) is 43.0 Å². The van der Waals surface area contributed by atoms with Crippen molar-refractivity contribution in [3.05, 3.63) is 28.0 Å². The molecule has 9 nitrogen and oxygen atoms in total. The molecule has 1 aromatic heterocycles. The minimum Gasteiger partial charge on any atom is -0.498 e. The minimum absolute atomic E-state index is 0.00968. The van der Waals surface area contributed by atoms with Crippen LogP contribution in [-0.2, 0) is 25.8 Å². The number of sulfone groups is 1. The van der Waals surface area contributed by atoms with E-state index in [9.17, 15) is 18.0 Å². The number of hydrogen-bond acceptors (Lipinski definition) is 6. The van der Waals surface area contributed by atoms with Gasteiger partial charge in [-0.2, -0.15) is 0 Å². The number of H-pyrrole nitrogens is 1. The fraction of sp³-hybridized carbons (Fsp3) is 0.588. The van der Waals surface area contributed by atoms with E-state index in [1.165, 1.54) is 0 Å². The van der Waals surface area contributed by atoms with Gasteiger partial charge in [0.25, 0.3) is 11.8 Å². The molecule has 1 saturated heterocycles. The van der Waals surface area contributed by atoms with E-state index in [1.54, 1.807) is 6.92 Å². The Balaban J connectivity index is 1.73. The third-order valence-corrected chi connectivity index (χ3v) is 6.92. The first-order valence-corrected chi connectivity index (χ1v) is 11.3. The van der Waals surface area contributed by atoms with Crippen LogP contribution < -0.4 is 10.6 Å². The van der Waals surface area contributed by atoms with Gasteiger partial charge in [-0.1, -0.05) is 18.5 Å². The number of aromatic nitrogens is 2. The molecule has 3 N–H and O–H groups in total. The Morgan fingerprint density at radius 2 is 1.89 bits per heavy atom. The Morgan fingerprint density at radius 3 is 2.46 bits per heavy atom. The Labute approximate surface area is 168 Å². The van der Waals surface area contributed by atoms with Crippen molar-refractivity contribution >= 4 is 33.3 Å². The van der Waals surface area contributed by atoms with E-state index in [1.807, 2.05) is 6.92 Å². The molecule has 0 spiro atoms. The summed E-state index contributed by atoms with van der Waals surface area (Å²) in [6.45, 7) is 4.14. The highest BCUT2D eigenvalue weighted by molar-refractivity contribution is 7.91. The molecular formula is C17H23ClN4O5S. The number of halogens is 1. The Hall–Kier alpha value is -2.07. The summed E-state index contributed by atoms with van der Waals surface area (Å²) < 4.78 is 29.6. The highest BCUT2D eigenvalue weighted by Gasteiger charge is 2.40. The molecule has 2 aliphatic rings. The second kappa shape index (κ2) is 8.12. The third-order valence-electron chi connectivity index (χ3n) is 4.87. The number of allylic oxidation sites excluding steroid dienone is 1. The van der Waals surface area contributed by atoms with Crippen LogP contribution in [0.25, 0.3) is 0 Å². The average Bonchev–Trinajstić information content (AvgIpc) is 3.14. The van der Waals surface area contributed by atoms with Crippen LogP contribution in [0.5, 0.6) is 0 Å². The molecule has 2 aliphatic heterocycles. The molecule has 1 aromatic rings. The molecule has 0 aromatic carbocycles. The van der Waals surface area contributed by atoms with Gasteiger partial charge in [0.15, 0.2) is 20.8 Å². The summed E-state index contributed by atoms with van der Waals surface area (Å²) in [5, 5.41) is 5.60. The quantitative estimate of drug-likeness (QED) is 0.631. The van der Waals surface area contributed by atoms with Gasteiger partial charge in [0, 0.05) is 0 Å². The maximum Gasteiger partial charge on any atom is 0.287 e. The molecule has 1 fully saturated rings. The molecule has 3 rings (SSSR count). The van der Waals surface area contributed by atoms with Crippen LogP contribution in [0.2, 0.25) is 5.15 Å². The zero-order valence-corrected chi connectivity index (χ0v) is 17.2. The van der Waals surface area contributed by atoms with Crippen molar-refractivity contribution < 1.29 is 22.7 Å². The fourth-order valence-corrected chi connectivity index (χ4v) is 5.49. The summed E-state index contributed by atoms with van der Waals surface area (Å²) >= 11 is 5.96. The minimum atomic E-state index is -3.40. The van der Waals surface area contributed by atoms with Crippen molar-refractivity contribution in [2.45, 2.75) is 45.2 Å². The average molecular weight is 431 g/mol. The number of aromatic amines is 1. The van der Waals surface area contributed by atoms with Gasteiger partial charge in [0.1, 0.15) is 5.76 Å². The molecule has 0 saturated carbocycles. The molecule has 28 heavy (non-hydrogen) atoms. The maximum absolute atomic E-state index is 12.6. The highest BCUT2D eigenvalue weighted by atomic mass is 35.5. The lowest BCUT2D eigenvalue weighted by Crippen LogP contribution is -2.51. The lowest BCUT2D eigenvalue weighted by molar-refractivity contribution is -0.118. The largest absolute Gasteiger partial charge is 0.498 e. The molecule has 2 amide bonds. The van der Waals surface area contributed by atoms with Crippen LogP contribution >= 0.6 is 11.6 Å². The number of ether oxygens (including phenoxy) is 1. The first-order valence-electron chi connectivity index (χ1n) is 9.09. The number of hydrogen-bond donors (Lipinski definition) is 3. The van der Waals surface area contributed by atoms with Crippen LogP contribution in [-0.4, -0.2) is 60.4 Å². The summed E-state index contributed by atoms with van der Waals surface area (Å²) in [4.78, 5) is 31.8. The summed E-state index contributed by atoms with van der Waals surface area (Å²) in [7, 11) is -3.40. The number of carbonyl (C=O) groups is 2. The zero-order valence-electron chi connectivity index (χ0n) is 15.7. The van der Waals surface area contributed by atoms with Crippen molar-refractivity contribution in [2.24, 2.45) is 0 Å². The number of carbonyl (C=O) groups excluding carboxylic acids is 2. The monoisotopic (exact) mass is 430 g/mol. The molecule has 154 valence electrons. The topological polar surface area (TPSA) is 130 Å². The first-order chi connectivity index (χ1) is 13.2. The van der Waals surface area contributed by atoms with E-state index >= 15 is 0 Å². The predicted molar refractivity (Wildman–Crippen MR) is 103 cm³/mol. The molecule has 2 unspecified atom stereocenters. The van der Waals surface area contributed by atoms with Gasteiger partial charge < -0.3 is 20.4 Å². The van der Waals surface area contributed by atoms with E-state index in [0.717, 1.165) is 6.42 Å². The number of imidazole rings is 1. The van der Waals surface area contributed by atoms with Crippen molar-refractivity contribution in [3.63, 3.8) is 0 Å². The summed E-state index contributed by atoms with van der Waals surface area (Å²) in [6.07, 6.45) is 1.87. The Morgan fingerprint density at radius 1 is 1.25 bits per heavy atom. The van der Waals surface area contributed by atoms with Gasteiger partial charge in [-0.25, -0.2) is 13.4 Å². The maximum atomic E-state index is 12.6. The van der Waals surface area contributed by atoms with Gasteiger partial charge in [-0.05, 0) is 26.2 Å². The first kappa shape index (κ1) is 20.7. The van der Waals surface area contributed by atoms with Gasteiger partial charge in [0.2, 0.25) is 0 Å². The van der Waals surface area contributed by atoms with Crippen molar-refractivity contribution in [1.82, 2.24) is 20.6 Å². The molecule has 0 bridgehead atoms. The smallest absolute Gasteiger partial charge is 0.287 e. The summed E-state index contributed by atoms with van der Waals surface area (Å²) in [5.74, 6) is -0.881. The molecule has 2 atom stereocenters. The van der Waals surface area contributed by atoms with Crippen LogP contribution in [0.15, 0.2) is 11.3 Å². The van der Waals surface area contributed by atoms with Gasteiger partial charge in [-0.15, -0.1) is 0 Å². The van der Waals surface area contributed by atoms with E-state index in [2.05, 4.69) is 20.6 Å². The van der Waals surface area contributed by atoms with E-state index in [4.69, 9.17) is 16.3 Å². The fourth-order valence-electron chi connectivity index (χ4n) is 3.36. The van der Waals surface area contributed by atoms with Gasteiger partial charge >= 0.3 is 0 Å². The molecular weight excluding hydrogens is 408 g/mol. The van der Waals surface area contributed by atoms with E-state index in [-0.39, 0.29) is 28.4 Å². The third kappa shape index (κ3) is 4.49. The number of aryl methyl sites for hydroxylation is 1. The second-order valence-electron chi connectivity index (χ2n) is 6.93. The van der Waals surface area contributed by atoms with E-state index in [0.29, 0.717) is 36.5 Å².